The highest BCUT2D eigenvalue weighted by Crippen LogP contribution is 2.18. The van der Waals surface area contributed by atoms with E-state index in [1.807, 2.05) is 24.3 Å². The molecule has 0 aliphatic carbocycles. The molecule has 1 aliphatic rings. The molecule has 1 aromatic rings. The highest BCUT2D eigenvalue weighted by molar-refractivity contribution is 5.27. The molecule has 0 aromatic heterocycles. The van der Waals surface area contributed by atoms with Gasteiger partial charge in [-0.15, -0.1) is 0 Å². The van der Waals surface area contributed by atoms with Gasteiger partial charge < -0.3 is 14.6 Å². The lowest BCUT2D eigenvalue weighted by molar-refractivity contribution is 0.0855. The molecule has 2 atom stereocenters. The van der Waals surface area contributed by atoms with Crippen LogP contribution in [0.5, 0.6) is 5.75 Å². The summed E-state index contributed by atoms with van der Waals surface area (Å²) in [6.07, 6.45) is -0.365. The van der Waals surface area contributed by atoms with Crippen molar-refractivity contribution < 1.29 is 14.6 Å². The second-order valence-corrected chi connectivity index (χ2v) is 4.40. The van der Waals surface area contributed by atoms with Crippen LogP contribution in [0.3, 0.4) is 0 Å². The Hall–Kier alpha value is -1.10. The van der Waals surface area contributed by atoms with Crippen molar-refractivity contribution in [3.8, 4) is 5.75 Å². The first kappa shape index (κ1) is 12.4. The minimum absolute atomic E-state index is 0.0945. The Bertz CT molecular complexity index is 350. The first-order chi connectivity index (χ1) is 8.20. The molecule has 1 saturated heterocycles. The Morgan fingerprint density at radius 3 is 2.76 bits per heavy atom. The van der Waals surface area contributed by atoms with E-state index in [0.717, 1.165) is 12.3 Å². The lowest BCUT2D eigenvalue weighted by Gasteiger charge is -2.24. The van der Waals surface area contributed by atoms with E-state index in [2.05, 4.69) is 4.90 Å². The summed E-state index contributed by atoms with van der Waals surface area (Å²) in [5, 5.41) is 9.64. The zero-order chi connectivity index (χ0) is 12.3. The molecule has 0 bridgehead atoms. The molecule has 17 heavy (non-hydrogen) atoms. The SMILES string of the molecule is COc1ccc(CN2COC[C@@H]2[C@H](C)O)cc1. The van der Waals surface area contributed by atoms with Gasteiger partial charge in [-0.2, -0.15) is 0 Å². The van der Waals surface area contributed by atoms with Crippen LogP contribution >= 0.6 is 0 Å². The molecule has 1 N–H and O–H groups in total. The Morgan fingerprint density at radius 1 is 1.47 bits per heavy atom. The third kappa shape index (κ3) is 2.97. The molecule has 0 unspecified atom stereocenters. The molecular weight excluding hydrogens is 218 g/mol. The quantitative estimate of drug-likeness (QED) is 0.855. The fourth-order valence-corrected chi connectivity index (χ4v) is 2.06. The second kappa shape index (κ2) is 5.49. The van der Waals surface area contributed by atoms with Crippen molar-refractivity contribution in [2.45, 2.75) is 25.6 Å². The highest BCUT2D eigenvalue weighted by Gasteiger charge is 2.28. The Kier molecular flexibility index (Phi) is 3.99. The third-order valence-electron chi connectivity index (χ3n) is 3.12. The number of methoxy groups -OCH3 is 1. The zero-order valence-electron chi connectivity index (χ0n) is 10.3. The fourth-order valence-electron chi connectivity index (χ4n) is 2.06. The molecule has 94 valence electrons. The van der Waals surface area contributed by atoms with Crippen molar-refractivity contribution in [3.63, 3.8) is 0 Å². The van der Waals surface area contributed by atoms with Crippen LogP contribution in [0.1, 0.15) is 12.5 Å². The molecule has 0 spiro atoms. The molecule has 4 nitrogen and oxygen atoms in total. The number of hydrogen-bond donors (Lipinski definition) is 1. The lowest BCUT2D eigenvalue weighted by Crippen LogP contribution is -2.38. The first-order valence-electron chi connectivity index (χ1n) is 5.83. The summed E-state index contributed by atoms with van der Waals surface area (Å²) in [4.78, 5) is 2.15. The van der Waals surface area contributed by atoms with E-state index < -0.39 is 0 Å². The largest absolute Gasteiger partial charge is 0.497 e. The molecule has 1 fully saturated rings. The Labute approximate surface area is 102 Å². The second-order valence-electron chi connectivity index (χ2n) is 4.40. The van der Waals surface area contributed by atoms with Gasteiger partial charge in [0.2, 0.25) is 0 Å². The average molecular weight is 237 g/mol. The van der Waals surface area contributed by atoms with Crippen molar-refractivity contribution in [1.82, 2.24) is 4.90 Å². The number of ether oxygens (including phenoxy) is 2. The standard InChI is InChI=1S/C13H19NO3/c1-10(15)13-8-17-9-14(13)7-11-3-5-12(16-2)6-4-11/h3-6,10,13,15H,7-9H2,1-2H3/t10-,13+/m0/s1. The Morgan fingerprint density at radius 2 is 2.18 bits per heavy atom. The number of nitrogens with zero attached hydrogens (tertiary/aromatic N) is 1. The van der Waals surface area contributed by atoms with Gasteiger partial charge >= 0.3 is 0 Å². The third-order valence-corrected chi connectivity index (χ3v) is 3.12. The predicted octanol–water partition coefficient (Wildman–Crippen LogP) is 1.23. The maximum absolute atomic E-state index is 9.64. The van der Waals surface area contributed by atoms with Crippen molar-refractivity contribution >= 4 is 0 Å². The van der Waals surface area contributed by atoms with Gasteiger partial charge in [-0.1, -0.05) is 12.1 Å². The van der Waals surface area contributed by atoms with Gasteiger partial charge in [0.1, 0.15) is 5.75 Å². The average Bonchev–Trinajstić information content (AvgIpc) is 2.78. The smallest absolute Gasteiger partial charge is 0.118 e. The van der Waals surface area contributed by atoms with Crippen molar-refractivity contribution in [1.29, 1.82) is 0 Å². The van der Waals surface area contributed by atoms with E-state index >= 15 is 0 Å². The minimum atomic E-state index is -0.365. The van der Waals surface area contributed by atoms with Crippen molar-refractivity contribution in [3.05, 3.63) is 29.8 Å². The minimum Gasteiger partial charge on any atom is -0.497 e. The molecule has 1 aromatic carbocycles. The van der Waals surface area contributed by atoms with Gasteiger partial charge in [-0.3, -0.25) is 4.90 Å². The monoisotopic (exact) mass is 237 g/mol. The highest BCUT2D eigenvalue weighted by atomic mass is 16.5. The number of aliphatic hydroxyl groups excluding tert-OH is 1. The van der Waals surface area contributed by atoms with Crippen LogP contribution < -0.4 is 4.74 Å². The first-order valence-corrected chi connectivity index (χ1v) is 5.83. The molecule has 2 rings (SSSR count). The van der Waals surface area contributed by atoms with Gasteiger partial charge in [-0.05, 0) is 24.6 Å². The number of benzene rings is 1. The van der Waals surface area contributed by atoms with Gasteiger partial charge in [0.25, 0.3) is 0 Å². The molecule has 1 aliphatic heterocycles. The summed E-state index contributed by atoms with van der Waals surface area (Å²) in [7, 11) is 1.66. The summed E-state index contributed by atoms with van der Waals surface area (Å²) in [5.41, 5.74) is 1.20. The van der Waals surface area contributed by atoms with E-state index in [1.165, 1.54) is 5.56 Å². The van der Waals surface area contributed by atoms with E-state index in [0.29, 0.717) is 13.3 Å². The molecule has 0 saturated carbocycles. The number of rotatable bonds is 4. The van der Waals surface area contributed by atoms with Crippen molar-refractivity contribution in [2.24, 2.45) is 0 Å². The lowest BCUT2D eigenvalue weighted by atomic mass is 10.1. The summed E-state index contributed by atoms with van der Waals surface area (Å²) >= 11 is 0. The maximum Gasteiger partial charge on any atom is 0.118 e. The summed E-state index contributed by atoms with van der Waals surface area (Å²) < 4.78 is 10.5. The van der Waals surface area contributed by atoms with Gasteiger partial charge in [0.05, 0.1) is 32.6 Å². The van der Waals surface area contributed by atoms with Gasteiger partial charge in [0, 0.05) is 6.54 Å². The maximum atomic E-state index is 9.64. The van der Waals surface area contributed by atoms with E-state index in [-0.39, 0.29) is 12.1 Å². The van der Waals surface area contributed by atoms with E-state index in [4.69, 9.17) is 9.47 Å². The number of hydrogen-bond acceptors (Lipinski definition) is 4. The van der Waals surface area contributed by atoms with Crippen LogP contribution in [0.4, 0.5) is 0 Å². The van der Waals surface area contributed by atoms with Crippen LogP contribution in [0.15, 0.2) is 24.3 Å². The molecule has 0 amide bonds. The van der Waals surface area contributed by atoms with Crippen LogP contribution in [-0.2, 0) is 11.3 Å². The topological polar surface area (TPSA) is 41.9 Å². The van der Waals surface area contributed by atoms with Crippen molar-refractivity contribution in [2.75, 3.05) is 20.4 Å². The van der Waals surface area contributed by atoms with Crippen LogP contribution in [-0.4, -0.2) is 42.6 Å². The summed E-state index contributed by atoms with van der Waals surface area (Å²) in [6.45, 7) is 3.79. The van der Waals surface area contributed by atoms with E-state index in [1.54, 1.807) is 14.0 Å². The molecule has 0 radical (unpaired) electrons. The Balaban J connectivity index is 1.99. The normalized spacial score (nSPS) is 22.6. The van der Waals surface area contributed by atoms with Crippen LogP contribution in [0.2, 0.25) is 0 Å². The molecule has 1 heterocycles. The summed E-state index contributed by atoms with van der Waals surface area (Å²) in [6, 6.07) is 8.07. The van der Waals surface area contributed by atoms with Crippen LogP contribution in [0.25, 0.3) is 0 Å². The molecule has 4 heteroatoms. The fraction of sp³-hybridized carbons (Fsp3) is 0.538. The van der Waals surface area contributed by atoms with Crippen LogP contribution in [0, 0.1) is 0 Å². The number of aliphatic hydroxyl groups is 1. The molecular formula is C13H19NO3. The summed E-state index contributed by atoms with van der Waals surface area (Å²) in [5.74, 6) is 0.860. The van der Waals surface area contributed by atoms with Gasteiger partial charge in [0.15, 0.2) is 0 Å². The zero-order valence-corrected chi connectivity index (χ0v) is 10.3. The van der Waals surface area contributed by atoms with E-state index in [9.17, 15) is 5.11 Å². The van der Waals surface area contributed by atoms with Gasteiger partial charge in [-0.25, -0.2) is 0 Å². The predicted molar refractivity (Wildman–Crippen MR) is 64.8 cm³/mol.